The monoisotopic (exact) mass is 215 g/mol. The average molecular weight is 215 g/mol. The van der Waals surface area contributed by atoms with E-state index in [0.29, 0.717) is 6.04 Å². The highest BCUT2D eigenvalue weighted by Gasteiger charge is 2.15. The van der Waals surface area contributed by atoms with E-state index in [-0.39, 0.29) is 0 Å². The Hall–Kier alpha value is -1.24. The van der Waals surface area contributed by atoms with Crippen LogP contribution in [-0.2, 0) is 0 Å². The van der Waals surface area contributed by atoms with Gasteiger partial charge in [0.1, 0.15) is 0 Å². The van der Waals surface area contributed by atoms with Crippen molar-refractivity contribution in [2.24, 2.45) is 0 Å². The fourth-order valence-corrected chi connectivity index (χ4v) is 2.35. The number of benzene rings is 1. The van der Waals surface area contributed by atoms with Crippen LogP contribution in [0.3, 0.4) is 0 Å². The molecule has 1 nitrogen and oxygen atoms in total. The van der Waals surface area contributed by atoms with Crippen molar-refractivity contribution in [2.45, 2.75) is 39.2 Å². The number of nitrogens with zero attached hydrogens (tertiary/aromatic N) is 1. The summed E-state index contributed by atoms with van der Waals surface area (Å²) in [5, 5.41) is 0. The van der Waals surface area contributed by atoms with Gasteiger partial charge in [0.25, 0.3) is 0 Å². The molecule has 1 atom stereocenters. The molecule has 16 heavy (non-hydrogen) atoms. The molecule has 1 aromatic carbocycles. The van der Waals surface area contributed by atoms with Gasteiger partial charge in [-0.25, -0.2) is 0 Å². The van der Waals surface area contributed by atoms with E-state index in [9.17, 15) is 0 Å². The molecular weight excluding hydrogens is 194 g/mol. The molecule has 0 saturated carbocycles. The van der Waals surface area contributed by atoms with Crippen LogP contribution in [0.4, 0.5) is 0 Å². The summed E-state index contributed by atoms with van der Waals surface area (Å²) in [6, 6.07) is 11.3. The van der Waals surface area contributed by atoms with Crippen LogP contribution in [0.1, 0.15) is 44.7 Å². The largest absolute Gasteiger partial charge is 0.371 e. The van der Waals surface area contributed by atoms with E-state index >= 15 is 0 Å². The molecule has 0 fully saturated rings. The summed E-state index contributed by atoms with van der Waals surface area (Å²) >= 11 is 0. The lowest BCUT2D eigenvalue weighted by molar-refractivity contribution is 0.277. The van der Waals surface area contributed by atoms with Crippen LogP contribution in [0.5, 0.6) is 0 Å². The Labute approximate surface area is 98.8 Å². The molecular formula is C15H21N. The van der Waals surface area contributed by atoms with Crippen LogP contribution in [0, 0.1) is 0 Å². The minimum atomic E-state index is 0.503. The molecule has 0 radical (unpaired) electrons. The number of hydrogen-bond donors (Lipinski definition) is 0. The van der Waals surface area contributed by atoms with Gasteiger partial charge in [0.15, 0.2) is 0 Å². The summed E-state index contributed by atoms with van der Waals surface area (Å²) in [6.07, 6.45) is 6.16. The summed E-state index contributed by atoms with van der Waals surface area (Å²) in [6.45, 7) is 5.74. The van der Waals surface area contributed by atoms with Gasteiger partial charge in [0.05, 0.1) is 6.04 Å². The first-order chi connectivity index (χ1) is 7.81. The zero-order valence-corrected chi connectivity index (χ0v) is 10.3. The second-order valence-electron chi connectivity index (χ2n) is 4.57. The van der Waals surface area contributed by atoms with Gasteiger partial charge in [0, 0.05) is 6.54 Å². The Morgan fingerprint density at radius 3 is 2.69 bits per heavy atom. The maximum absolute atomic E-state index is 2.48. The molecule has 86 valence electrons. The topological polar surface area (TPSA) is 3.24 Å². The molecule has 1 heteroatoms. The van der Waals surface area contributed by atoms with Gasteiger partial charge < -0.3 is 4.90 Å². The van der Waals surface area contributed by atoms with Crippen LogP contribution in [0.15, 0.2) is 42.1 Å². The molecule has 0 N–H and O–H groups in total. The maximum atomic E-state index is 2.48. The van der Waals surface area contributed by atoms with Gasteiger partial charge in [-0.3, -0.25) is 0 Å². The number of rotatable bonds is 3. The van der Waals surface area contributed by atoms with E-state index in [1.165, 1.54) is 31.4 Å². The predicted octanol–water partition coefficient (Wildman–Crippen LogP) is 4.14. The fraction of sp³-hybridized carbons (Fsp3) is 0.467. The van der Waals surface area contributed by atoms with Crippen LogP contribution < -0.4 is 0 Å². The summed E-state index contributed by atoms with van der Waals surface area (Å²) in [7, 11) is 0. The minimum absolute atomic E-state index is 0.503. The van der Waals surface area contributed by atoms with E-state index in [1.807, 2.05) is 0 Å². The van der Waals surface area contributed by atoms with Gasteiger partial charge in [-0.15, -0.1) is 0 Å². The van der Waals surface area contributed by atoms with Gasteiger partial charge >= 0.3 is 0 Å². The average Bonchev–Trinajstić information content (AvgIpc) is 2.39. The Morgan fingerprint density at radius 2 is 2.00 bits per heavy atom. The molecule has 1 heterocycles. The lowest BCUT2D eigenvalue weighted by Gasteiger charge is -2.32. The number of hydrogen-bond acceptors (Lipinski definition) is 1. The lowest BCUT2D eigenvalue weighted by Crippen LogP contribution is -2.26. The van der Waals surface area contributed by atoms with Crippen LogP contribution >= 0.6 is 0 Å². The van der Waals surface area contributed by atoms with Gasteiger partial charge in [-0.1, -0.05) is 42.8 Å². The lowest BCUT2D eigenvalue weighted by atomic mass is 10.0. The third-order valence-electron chi connectivity index (χ3n) is 3.50. The van der Waals surface area contributed by atoms with Crippen LogP contribution in [-0.4, -0.2) is 11.4 Å². The fourth-order valence-electron chi connectivity index (χ4n) is 2.35. The van der Waals surface area contributed by atoms with Crippen molar-refractivity contribution >= 4 is 0 Å². The summed E-state index contributed by atoms with van der Waals surface area (Å²) in [5.41, 5.74) is 3.00. The quantitative estimate of drug-likeness (QED) is 0.732. The van der Waals surface area contributed by atoms with Crippen molar-refractivity contribution < 1.29 is 0 Å². The third kappa shape index (κ3) is 2.46. The molecule has 2 rings (SSSR count). The molecule has 1 unspecified atom stereocenters. The molecule has 0 bridgehead atoms. The SMILES string of the molecule is CCC1=CN(C(C)c2ccccc2)CCC1. The zero-order chi connectivity index (χ0) is 11.4. The summed E-state index contributed by atoms with van der Waals surface area (Å²) < 4.78 is 0. The van der Waals surface area contributed by atoms with E-state index in [4.69, 9.17) is 0 Å². The van der Waals surface area contributed by atoms with Crippen molar-refractivity contribution in [2.75, 3.05) is 6.54 Å². The highest BCUT2D eigenvalue weighted by Crippen LogP contribution is 2.26. The molecule has 1 aliphatic heterocycles. The summed E-state index contributed by atoms with van der Waals surface area (Å²) in [5.74, 6) is 0. The van der Waals surface area contributed by atoms with Crippen LogP contribution in [0.25, 0.3) is 0 Å². The minimum Gasteiger partial charge on any atom is -0.371 e. The molecule has 1 aromatic rings. The summed E-state index contributed by atoms with van der Waals surface area (Å²) in [4.78, 5) is 2.48. The van der Waals surface area contributed by atoms with E-state index < -0.39 is 0 Å². The van der Waals surface area contributed by atoms with Gasteiger partial charge in [0.2, 0.25) is 0 Å². The second kappa shape index (κ2) is 5.20. The Kier molecular flexibility index (Phi) is 3.66. The molecule has 0 spiro atoms. The number of allylic oxidation sites excluding steroid dienone is 1. The molecule has 0 amide bonds. The van der Waals surface area contributed by atoms with E-state index in [1.54, 1.807) is 5.57 Å². The third-order valence-corrected chi connectivity index (χ3v) is 3.50. The zero-order valence-electron chi connectivity index (χ0n) is 10.3. The Balaban J connectivity index is 2.13. The van der Waals surface area contributed by atoms with Gasteiger partial charge in [-0.2, -0.15) is 0 Å². The van der Waals surface area contributed by atoms with Crippen molar-refractivity contribution in [3.63, 3.8) is 0 Å². The van der Waals surface area contributed by atoms with Crippen molar-refractivity contribution in [1.82, 2.24) is 4.90 Å². The molecule has 0 aliphatic carbocycles. The van der Waals surface area contributed by atoms with Crippen molar-refractivity contribution in [1.29, 1.82) is 0 Å². The maximum Gasteiger partial charge on any atom is 0.0508 e. The molecule has 1 aliphatic rings. The van der Waals surface area contributed by atoms with E-state index in [0.717, 1.165) is 0 Å². The highest BCUT2D eigenvalue weighted by atomic mass is 15.1. The van der Waals surface area contributed by atoms with Crippen molar-refractivity contribution in [3.8, 4) is 0 Å². The smallest absolute Gasteiger partial charge is 0.0508 e. The Morgan fingerprint density at radius 1 is 1.25 bits per heavy atom. The molecule has 0 aromatic heterocycles. The van der Waals surface area contributed by atoms with Crippen molar-refractivity contribution in [3.05, 3.63) is 47.7 Å². The second-order valence-corrected chi connectivity index (χ2v) is 4.57. The highest BCUT2D eigenvalue weighted by molar-refractivity contribution is 5.20. The van der Waals surface area contributed by atoms with E-state index in [2.05, 4.69) is 55.3 Å². The normalized spacial score (nSPS) is 18.1. The molecule has 0 saturated heterocycles. The van der Waals surface area contributed by atoms with Gasteiger partial charge in [-0.05, 0) is 37.9 Å². The van der Waals surface area contributed by atoms with Crippen LogP contribution in [0.2, 0.25) is 0 Å². The first-order valence-corrected chi connectivity index (χ1v) is 6.31. The standard InChI is InChI=1S/C15H21N/c1-3-14-8-7-11-16(12-14)13(2)15-9-5-4-6-10-15/h4-6,9-10,12-13H,3,7-8,11H2,1-2H3. The first kappa shape index (κ1) is 11.3. The Bertz CT molecular complexity index is 353. The first-order valence-electron chi connectivity index (χ1n) is 6.31. The predicted molar refractivity (Wildman–Crippen MR) is 69.2 cm³/mol.